The molecule has 9 rings (SSSR count). The van der Waals surface area contributed by atoms with E-state index in [0.29, 0.717) is 11.4 Å². The molecular weight excluding hydrogens is 695 g/mol. The third kappa shape index (κ3) is 4.97. The van der Waals surface area contributed by atoms with Crippen LogP contribution in [0.5, 0.6) is 0 Å². The summed E-state index contributed by atoms with van der Waals surface area (Å²) in [5.74, 6) is -6.23. The van der Waals surface area contributed by atoms with Gasteiger partial charge < -0.3 is 9.80 Å². The molecule has 0 saturated heterocycles. The number of halogens is 2. The molecule has 0 aromatic heterocycles. The minimum absolute atomic E-state index is 0.0393. The summed E-state index contributed by atoms with van der Waals surface area (Å²) in [5, 5.41) is 0. The molecule has 0 N–H and O–H groups in total. The highest BCUT2D eigenvalue weighted by Gasteiger charge is 2.81. The molecule has 0 bridgehead atoms. The highest BCUT2D eigenvalue weighted by Crippen LogP contribution is 2.70. The quantitative estimate of drug-likeness (QED) is 0.147. The molecule has 1 fully saturated rings. The zero-order valence-corrected chi connectivity index (χ0v) is 29.6. The van der Waals surface area contributed by atoms with Gasteiger partial charge in [0.1, 0.15) is 22.5 Å². The maximum Gasteiger partial charge on any atom is 0.240 e. The van der Waals surface area contributed by atoms with Gasteiger partial charge in [0, 0.05) is 34.3 Å². The van der Waals surface area contributed by atoms with Gasteiger partial charge in [-0.15, -0.1) is 0 Å². The van der Waals surface area contributed by atoms with Crippen molar-refractivity contribution in [1.29, 1.82) is 0 Å². The van der Waals surface area contributed by atoms with Crippen LogP contribution in [0.1, 0.15) is 49.4 Å². The number of nitrogens with zero attached hydrogens (tertiary/aromatic N) is 2. The molecule has 8 heteroatoms. The van der Waals surface area contributed by atoms with Crippen LogP contribution in [0, 0.1) is 23.5 Å². The third-order valence-electron chi connectivity index (χ3n) is 11.8. The van der Waals surface area contributed by atoms with Crippen molar-refractivity contribution < 1.29 is 28.0 Å². The fourth-order valence-electron chi connectivity index (χ4n) is 9.63. The molecule has 2 amide bonds. The number of benzene rings is 6. The Kier molecular flexibility index (Phi) is 8.15. The maximum absolute atomic E-state index is 16.1. The molecule has 0 radical (unpaired) electrons. The first-order valence-corrected chi connectivity index (χ1v) is 18.3. The molecule has 6 aromatic carbocycles. The first-order valence-electron chi connectivity index (χ1n) is 18.3. The average Bonchev–Trinajstić information content (AvgIpc) is 3.76. The van der Waals surface area contributed by atoms with Gasteiger partial charge >= 0.3 is 0 Å². The Morgan fingerprint density at radius 2 is 0.855 bits per heavy atom. The lowest BCUT2D eigenvalue weighted by Gasteiger charge is -2.44. The Morgan fingerprint density at radius 3 is 1.22 bits per heavy atom. The standard InChI is InChI=1S/C47H34F2N2O4/c48-34-21-23-40-36(25-34)46(44(54)50(40)28-30-13-5-1-6-14-30)38(42(52)32-17-9-3-10-18-32)27-39(43(53)33-19-11-4-12-20-33)47(46)37-26-35(49)22-24-41(37)51(45(47)55)29-31-15-7-2-8-16-31/h1-26,38-39H,27-29H2/t38-,39-,46-,47+/m1/s1. The number of anilines is 2. The van der Waals surface area contributed by atoms with Gasteiger partial charge in [0.05, 0.1) is 13.1 Å². The Labute approximate surface area is 316 Å². The van der Waals surface area contributed by atoms with Gasteiger partial charge in [-0.3, -0.25) is 19.2 Å². The van der Waals surface area contributed by atoms with E-state index in [0.717, 1.165) is 11.1 Å². The number of hydrogen-bond acceptors (Lipinski definition) is 4. The van der Waals surface area contributed by atoms with Gasteiger partial charge in [0.25, 0.3) is 0 Å². The van der Waals surface area contributed by atoms with Crippen molar-refractivity contribution >= 4 is 34.8 Å². The van der Waals surface area contributed by atoms with E-state index in [4.69, 9.17) is 0 Å². The fourth-order valence-corrected chi connectivity index (χ4v) is 9.63. The van der Waals surface area contributed by atoms with Gasteiger partial charge in [0.15, 0.2) is 11.6 Å². The minimum Gasteiger partial charge on any atom is -0.307 e. The van der Waals surface area contributed by atoms with Crippen molar-refractivity contribution in [3.8, 4) is 0 Å². The zero-order chi connectivity index (χ0) is 37.9. The summed E-state index contributed by atoms with van der Waals surface area (Å²) in [4.78, 5) is 65.7. The number of hydrogen-bond donors (Lipinski definition) is 0. The molecule has 1 aliphatic carbocycles. The molecule has 6 aromatic rings. The van der Waals surface area contributed by atoms with Crippen LogP contribution >= 0.6 is 0 Å². The molecule has 4 atom stereocenters. The summed E-state index contributed by atoms with van der Waals surface area (Å²) < 4.78 is 31.8. The van der Waals surface area contributed by atoms with E-state index in [1.54, 1.807) is 60.7 Å². The van der Waals surface area contributed by atoms with Crippen LogP contribution < -0.4 is 9.80 Å². The topological polar surface area (TPSA) is 74.8 Å². The predicted octanol–water partition coefficient (Wildman–Crippen LogP) is 8.64. The lowest BCUT2D eigenvalue weighted by atomic mass is 9.53. The van der Waals surface area contributed by atoms with Crippen LogP contribution in [0.25, 0.3) is 0 Å². The second kappa shape index (κ2) is 13.1. The van der Waals surface area contributed by atoms with Gasteiger partial charge in [-0.2, -0.15) is 0 Å². The van der Waals surface area contributed by atoms with E-state index in [1.807, 2.05) is 60.7 Å². The molecule has 1 saturated carbocycles. The SMILES string of the molecule is O=C(c1ccccc1)[C@H]1C[C@H](C(=O)c2ccccc2)[C@]2(C(=O)N(Cc3ccccc3)c3ccc(F)cc32)[C@]12C(=O)N(Cc1ccccc1)c1ccc(F)cc12. The molecule has 2 heterocycles. The van der Waals surface area contributed by atoms with Gasteiger partial charge in [-0.25, -0.2) is 8.78 Å². The number of amides is 2. The van der Waals surface area contributed by atoms with Gasteiger partial charge in [-0.05, 0) is 65.1 Å². The summed E-state index contributed by atoms with van der Waals surface area (Å²) in [5.41, 5.74) is -1.41. The first-order chi connectivity index (χ1) is 26.8. The summed E-state index contributed by atoms with van der Waals surface area (Å²) in [7, 11) is 0. The largest absolute Gasteiger partial charge is 0.307 e. The third-order valence-corrected chi connectivity index (χ3v) is 11.8. The number of carbonyl (C=O) groups is 4. The van der Waals surface area contributed by atoms with Gasteiger partial charge in [-0.1, -0.05) is 121 Å². The molecule has 2 aliphatic heterocycles. The maximum atomic E-state index is 16.1. The van der Waals surface area contributed by atoms with Crippen molar-refractivity contribution in [2.24, 2.45) is 11.8 Å². The van der Waals surface area contributed by atoms with Crippen molar-refractivity contribution in [2.75, 3.05) is 9.80 Å². The number of fused-ring (bicyclic) bond motifs is 5. The molecular formula is C47H34F2N2O4. The van der Waals surface area contributed by atoms with E-state index < -0.39 is 57.7 Å². The zero-order valence-electron chi connectivity index (χ0n) is 29.6. The highest BCUT2D eigenvalue weighted by molar-refractivity contribution is 6.24. The molecule has 3 aliphatic rings. The molecule has 270 valence electrons. The van der Waals surface area contributed by atoms with E-state index >= 15 is 28.0 Å². The molecule has 55 heavy (non-hydrogen) atoms. The van der Waals surface area contributed by atoms with Crippen molar-refractivity contribution in [3.63, 3.8) is 0 Å². The Bertz CT molecular complexity index is 2320. The van der Waals surface area contributed by atoms with Gasteiger partial charge in [0.2, 0.25) is 11.8 Å². The van der Waals surface area contributed by atoms with Crippen molar-refractivity contribution in [3.05, 3.63) is 203 Å². The van der Waals surface area contributed by atoms with E-state index in [2.05, 4.69) is 0 Å². The molecule has 2 spiro atoms. The van der Waals surface area contributed by atoms with Crippen LogP contribution in [-0.2, 0) is 33.5 Å². The Morgan fingerprint density at radius 1 is 0.509 bits per heavy atom. The van der Waals surface area contributed by atoms with Crippen LogP contribution in [0.4, 0.5) is 20.2 Å². The van der Waals surface area contributed by atoms with Crippen LogP contribution in [0.3, 0.4) is 0 Å². The lowest BCUT2D eigenvalue weighted by molar-refractivity contribution is -0.135. The van der Waals surface area contributed by atoms with E-state index in [1.165, 1.54) is 46.2 Å². The van der Waals surface area contributed by atoms with E-state index in [-0.39, 0.29) is 41.8 Å². The lowest BCUT2D eigenvalue weighted by Crippen LogP contribution is -2.63. The van der Waals surface area contributed by atoms with Crippen LogP contribution in [0.2, 0.25) is 0 Å². The number of carbonyl (C=O) groups excluding carboxylic acids is 4. The highest BCUT2D eigenvalue weighted by atomic mass is 19.1. The molecule has 6 nitrogen and oxygen atoms in total. The normalized spacial score (nSPS) is 22.4. The predicted molar refractivity (Wildman–Crippen MR) is 205 cm³/mol. The number of ketones is 2. The molecule has 0 unspecified atom stereocenters. The Balaban J connectivity index is 1.40. The van der Waals surface area contributed by atoms with Crippen LogP contribution in [-0.4, -0.2) is 23.4 Å². The Hall–Kier alpha value is -6.54. The first kappa shape index (κ1) is 34.2. The van der Waals surface area contributed by atoms with E-state index in [9.17, 15) is 0 Å². The summed E-state index contributed by atoms with van der Waals surface area (Å²) >= 11 is 0. The second-order valence-electron chi connectivity index (χ2n) is 14.5. The fraction of sp³-hybridized carbons (Fsp3) is 0.149. The monoisotopic (exact) mass is 728 g/mol. The summed E-state index contributed by atoms with van der Waals surface area (Å²) in [6.45, 7) is 0.0786. The second-order valence-corrected chi connectivity index (χ2v) is 14.5. The summed E-state index contributed by atoms with van der Waals surface area (Å²) in [6, 6.07) is 43.3. The average molecular weight is 729 g/mol. The minimum atomic E-state index is -2.17. The van der Waals surface area contributed by atoms with Crippen molar-refractivity contribution in [2.45, 2.75) is 30.3 Å². The number of rotatable bonds is 8. The summed E-state index contributed by atoms with van der Waals surface area (Å²) in [6.07, 6.45) is -0.233. The van der Waals surface area contributed by atoms with Crippen molar-refractivity contribution in [1.82, 2.24) is 0 Å². The van der Waals surface area contributed by atoms with Crippen LogP contribution in [0.15, 0.2) is 158 Å². The number of Topliss-reactive ketones (excluding diaryl/α,β-unsaturated/α-hetero) is 2. The smallest absolute Gasteiger partial charge is 0.240 e.